The molecule has 0 bridgehead atoms. The number of ether oxygens (including phenoxy) is 1. The summed E-state index contributed by atoms with van der Waals surface area (Å²) in [6.07, 6.45) is 4.69. The molecule has 1 heterocycles. The van der Waals surface area contributed by atoms with Crippen LogP contribution < -0.4 is 5.32 Å². The number of esters is 1. The maximum absolute atomic E-state index is 11.3. The summed E-state index contributed by atoms with van der Waals surface area (Å²) in [5, 5.41) is 2.40. The van der Waals surface area contributed by atoms with Crippen LogP contribution in [0.15, 0.2) is 30.2 Å². The summed E-state index contributed by atoms with van der Waals surface area (Å²) in [7, 11) is 1.25. The topological polar surface area (TPSA) is 68.3 Å². The van der Waals surface area contributed by atoms with E-state index < -0.39 is 5.97 Å². The third kappa shape index (κ3) is 3.53. The van der Waals surface area contributed by atoms with Crippen molar-refractivity contribution in [2.45, 2.75) is 6.92 Å². The van der Waals surface area contributed by atoms with Crippen LogP contribution in [0.2, 0.25) is 0 Å². The van der Waals surface area contributed by atoms with Crippen molar-refractivity contribution in [2.75, 3.05) is 7.11 Å². The molecule has 0 aliphatic heterocycles. The van der Waals surface area contributed by atoms with Gasteiger partial charge in [-0.05, 0) is 17.7 Å². The Bertz CT molecular complexity index is 412. The number of nitrogens with one attached hydrogen (secondary N) is 1. The molecule has 5 nitrogen and oxygen atoms in total. The third-order valence-corrected chi connectivity index (χ3v) is 1.71. The molecule has 1 rings (SSSR count). The number of carbonyl (C=O) groups excluding carboxylic acids is 2. The monoisotopic (exact) mass is 220 g/mol. The Morgan fingerprint density at radius 3 is 2.75 bits per heavy atom. The first-order valence-electron chi connectivity index (χ1n) is 4.61. The van der Waals surface area contributed by atoms with E-state index in [1.807, 2.05) is 0 Å². The fraction of sp³-hybridized carbons (Fsp3) is 0.182. The van der Waals surface area contributed by atoms with Crippen LogP contribution in [0.3, 0.4) is 0 Å². The number of aromatic nitrogens is 1. The van der Waals surface area contributed by atoms with E-state index in [2.05, 4.69) is 15.0 Å². The lowest BCUT2D eigenvalue weighted by molar-refractivity contribution is -0.137. The molecule has 1 amide bonds. The van der Waals surface area contributed by atoms with Gasteiger partial charge in [-0.25, -0.2) is 4.79 Å². The van der Waals surface area contributed by atoms with Gasteiger partial charge in [-0.3, -0.25) is 9.78 Å². The molecule has 1 N–H and O–H groups in total. The largest absolute Gasteiger partial charge is 0.464 e. The standard InChI is InChI=1S/C11H12N2O3/c1-8(14)13-10(11(15)16-2)6-9-4-3-5-12-7-9/h3-7H,1-2H3,(H,13,14)/b10-6+. The fourth-order valence-electron chi connectivity index (χ4n) is 1.07. The van der Waals surface area contributed by atoms with Crippen LogP contribution >= 0.6 is 0 Å². The number of nitrogens with zero attached hydrogens (tertiary/aromatic N) is 1. The predicted molar refractivity (Wildman–Crippen MR) is 58.0 cm³/mol. The normalized spacial score (nSPS) is 10.8. The molecule has 1 aromatic heterocycles. The van der Waals surface area contributed by atoms with E-state index in [0.29, 0.717) is 5.56 Å². The van der Waals surface area contributed by atoms with E-state index in [0.717, 1.165) is 0 Å². The Labute approximate surface area is 93.1 Å². The highest BCUT2D eigenvalue weighted by Crippen LogP contribution is 2.04. The van der Waals surface area contributed by atoms with Crippen molar-refractivity contribution in [1.82, 2.24) is 10.3 Å². The number of hydrogen-bond donors (Lipinski definition) is 1. The van der Waals surface area contributed by atoms with Gasteiger partial charge in [0, 0.05) is 19.3 Å². The van der Waals surface area contributed by atoms with E-state index in [-0.39, 0.29) is 11.6 Å². The van der Waals surface area contributed by atoms with Gasteiger partial charge in [0.25, 0.3) is 0 Å². The van der Waals surface area contributed by atoms with Gasteiger partial charge < -0.3 is 10.1 Å². The smallest absolute Gasteiger partial charge is 0.354 e. The zero-order valence-electron chi connectivity index (χ0n) is 9.06. The average Bonchev–Trinajstić information content (AvgIpc) is 2.28. The van der Waals surface area contributed by atoms with Crippen molar-refractivity contribution in [3.63, 3.8) is 0 Å². The number of hydrogen-bond acceptors (Lipinski definition) is 4. The number of carbonyl (C=O) groups is 2. The maximum Gasteiger partial charge on any atom is 0.354 e. The van der Waals surface area contributed by atoms with Crippen LogP contribution in [0.5, 0.6) is 0 Å². The Morgan fingerprint density at radius 2 is 2.25 bits per heavy atom. The van der Waals surface area contributed by atoms with E-state index in [9.17, 15) is 9.59 Å². The maximum atomic E-state index is 11.3. The van der Waals surface area contributed by atoms with Crippen LogP contribution in [0.25, 0.3) is 6.08 Å². The van der Waals surface area contributed by atoms with Crippen molar-refractivity contribution in [1.29, 1.82) is 0 Å². The quantitative estimate of drug-likeness (QED) is 0.602. The summed E-state index contributed by atoms with van der Waals surface area (Å²) in [6.45, 7) is 1.32. The molecule has 0 saturated heterocycles. The SMILES string of the molecule is COC(=O)/C(=C\c1cccnc1)NC(C)=O. The summed E-state index contributed by atoms with van der Waals surface area (Å²) < 4.78 is 4.54. The highest BCUT2D eigenvalue weighted by atomic mass is 16.5. The van der Waals surface area contributed by atoms with Gasteiger partial charge in [0.1, 0.15) is 5.70 Å². The van der Waals surface area contributed by atoms with Crippen molar-refractivity contribution in [2.24, 2.45) is 0 Å². The molecule has 0 aromatic carbocycles. The number of methoxy groups -OCH3 is 1. The first-order chi connectivity index (χ1) is 7.63. The molecule has 0 aliphatic rings. The number of pyridine rings is 1. The number of amides is 1. The summed E-state index contributed by atoms with van der Waals surface area (Å²) in [4.78, 5) is 26.1. The molecule has 0 atom stereocenters. The molecule has 16 heavy (non-hydrogen) atoms. The molecule has 0 radical (unpaired) electrons. The van der Waals surface area contributed by atoms with Gasteiger partial charge in [0.15, 0.2) is 0 Å². The molecule has 1 aromatic rings. The summed E-state index contributed by atoms with van der Waals surface area (Å²) in [5.41, 5.74) is 0.791. The summed E-state index contributed by atoms with van der Waals surface area (Å²) in [6, 6.07) is 3.49. The van der Waals surface area contributed by atoms with Gasteiger partial charge in [0.2, 0.25) is 5.91 Å². The van der Waals surface area contributed by atoms with Gasteiger partial charge in [-0.15, -0.1) is 0 Å². The van der Waals surface area contributed by atoms with Gasteiger partial charge in [-0.1, -0.05) is 6.07 Å². The van der Waals surface area contributed by atoms with Crippen LogP contribution in [0.1, 0.15) is 12.5 Å². The first-order valence-corrected chi connectivity index (χ1v) is 4.61. The van der Waals surface area contributed by atoms with E-state index in [1.54, 1.807) is 24.5 Å². The predicted octanol–water partition coefficient (Wildman–Crippen LogP) is 0.732. The van der Waals surface area contributed by atoms with E-state index in [4.69, 9.17) is 0 Å². The highest BCUT2D eigenvalue weighted by molar-refractivity contribution is 5.97. The zero-order valence-corrected chi connectivity index (χ0v) is 9.06. The molecular formula is C11H12N2O3. The van der Waals surface area contributed by atoms with Crippen LogP contribution in [-0.2, 0) is 14.3 Å². The molecule has 0 aliphatic carbocycles. The Balaban J connectivity index is 2.96. The van der Waals surface area contributed by atoms with E-state index in [1.165, 1.54) is 20.1 Å². The van der Waals surface area contributed by atoms with Crippen molar-refractivity contribution in [3.05, 3.63) is 35.8 Å². The molecule has 0 fully saturated rings. The van der Waals surface area contributed by atoms with E-state index >= 15 is 0 Å². The average molecular weight is 220 g/mol. The summed E-state index contributed by atoms with van der Waals surface area (Å²) >= 11 is 0. The molecule has 0 spiro atoms. The zero-order chi connectivity index (χ0) is 12.0. The van der Waals surface area contributed by atoms with Crippen LogP contribution in [0.4, 0.5) is 0 Å². The number of rotatable bonds is 3. The minimum absolute atomic E-state index is 0.0861. The van der Waals surface area contributed by atoms with Crippen LogP contribution in [-0.4, -0.2) is 24.0 Å². The third-order valence-electron chi connectivity index (χ3n) is 1.71. The Kier molecular flexibility index (Phi) is 4.20. The first kappa shape index (κ1) is 11.9. The molecule has 84 valence electrons. The minimum Gasteiger partial charge on any atom is -0.464 e. The lowest BCUT2D eigenvalue weighted by Gasteiger charge is -2.05. The van der Waals surface area contributed by atoms with Crippen molar-refractivity contribution < 1.29 is 14.3 Å². The second-order valence-electron chi connectivity index (χ2n) is 3.02. The summed E-state index contributed by atoms with van der Waals surface area (Å²) in [5.74, 6) is -0.931. The lowest BCUT2D eigenvalue weighted by Crippen LogP contribution is -2.25. The Hall–Kier alpha value is -2.17. The van der Waals surface area contributed by atoms with Crippen molar-refractivity contribution in [3.8, 4) is 0 Å². The fourth-order valence-corrected chi connectivity index (χ4v) is 1.07. The molecule has 5 heteroatoms. The Morgan fingerprint density at radius 1 is 1.50 bits per heavy atom. The second-order valence-corrected chi connectivity index (χ2v) is 3.02. The van der Waals surface area contributed by atoms with Gasteiger partial charge in [0.05, 0.1) is 7.11 Å². The lowest BCUT2D eigenvalue weighted by atomic mass is 10.2. The molecular weight excluding hydrogens is 208 g/mol. The van der Waals surface area contributed by atoms with Gasteiger partial charge in [-0.2, -0.15) is 0 Å². The van der Waals surface area contributed by atoms with Gasteiger partial charge >= 0.3 is 5.97 Å². The van der Waals surface area contributed by atoms with Crippen LogP contribution in [0, 0.1) is 0 Å². The minimum atomic E-state index is -0.598. The molecule has 0 saturated carbocycles. The molecule has 0 unspecified atom stereocenters. The second kappa shape index (κ2) is 5.65. The highest BCUT2D eigenvalue weighted by Gasteiger charge is 2.10. The van der Waals surface area contributed by atoms with Crippen molar-refractivity contribution >= 4 is 18.0 Å².